The lowest BCUT2D eigenvalue weighted by Crippen LogP contribution is -2.37. The summed E-state index contributed by atoms with van der Waals surface area (Å²) in [5.41, 5.74) is 11.3. The molecule has 3 heteroatoms. The number of hydrogen-bond donors (Lipinski definition) is 1. The van der Waals surface area contributed by atoms with E-state index in [4.69, 9.17) is 4.74 Å². The standard InChI is InChI=1S/C31H34N2O.C2H6/c1-18-15-26(34-31(5,6)16-18)33-25-14-10-9-13-23(25)29-28-21(4)32-17-24(28)27(20(3)30(29)33)22-12-8-7-11-19(22)2;1-2/h7-14,18,26,32H,4,15-17H2,1-3,5-6H3;1-2H3. The molecular weight excluding hydrogens is 440 g/mol. The maximum atomic E-state index is 6.80. The predicted molar refractivity (Wildman–Crippen MR) is 154 cm³/mol. The van der Waals surface area contributed by atoms with Crippen molar-refractivity contribution in [3.63, 3.8) is 0 Å². The highest BCUT2D eigenvalue weighted by Gasteiger charge is 2.36. The molecule has 3 aromatic carbocycles. The summed E-state index contributed by atoms with van der Waals surface area (Å²) >= 11 is 0. The van der Waals surface area contributed by atoms with E-state index in [1.54, 1.807) is 0 Å². The number of fused-ring (bicyclic) bond motifs is 5. The summed E-state index contributed by atoms with van der Waals surface area (Å²) in [4.78, 5) is 0. The van der Waals surface area contributed by atoms with E-state index in [0.29, 0.717) is 5.92 Å². The quantitative estimate of drug-likeness (QED) is 0.310. The van der Waals surface area contributed by atoms with E-state index >= 15 is 0 Å². The fraction of sp³-hybridized carbons (Fsp3) is 0.394. The summed E-state index contributed by atoms with van der Waals surface area (Å²) in [5.74, 6) is 0.604. The Morgan fingerprint density at radius 3 is 2.42 bits per heavy atom. The van der Waals surface area contributed by atoms with Gasteiger partial charge in [-0.2, -0.15) is 0 Å². The normalized spacial score (nSPS) is 20.7. The third-order valence-electron chi connectivity index (χ3n) is 7.88. The summed E-state index contributed by atoms with van der Waals surface area (Å²) in [5, 5.41) is 6.18. The second kappa shape index (κ2) is 9.12. The van der Waals surface area contributed by atoms with Gasteiger partial charge in [0.05, 0.1) is 16.6 Å². The van der Waals surface area contributed by atoms with Crippen LogP contribution in [-0.4, -0.2) is 10.2 Å². The number of benzene rings is 3. The Morgan fingerprint density at radius 1 is 1.00 bits per heavy atom. The largest absolute Gasteiger partial charge is 0.381 e. The van der Waals surface area contributed by atoms with Crippen LogP contribution in [0.2, 0.25) is 0 Å². The van der Waals surface area contributed by atoms with Crippen molar-refractivity contribution in [3.8, 4) is 11.1 Å². The molecule has 0 saturated carbocycles. The molecule has 4 aromatic rings. The van der Waals surface area contributed by atoms with Gasteiger partial charge in [-0.15, -0.1) is 0 Å². The highest BCUT2D eigenvalue weighted by molar-refractivity contribution is 6.16. The molecule has 3 nitrogen and oxygen atoms in total. The smallest absolute Gasteiger partial charge is 0.135 e. The van der Waals surface area contributed by atoms with Crippen LogP contribution in [0.15, 0.2) is 55.1 Å². The van der Waals surface area contributed by atoms with Crippen LogP contribution in [0.1, 0.15) is 75.9 Å². The highest BCUT2D eigenvalue weighted by atomic mass is 16.5. The SMILES string of the molecule is C=C1NCc2c(-c3ccccc3C)c(C)c3c(c21)c1ccccc1n3C1CC(C)CC(C)(C)O1.CC. The Kier molecular flexibility index (Phi) is 6.24. The summed E-state index contributed by atoms with van der Waals surface area (Å²) < 4.78 is 9.31. The lowest BCUT2D eigenvalue weighted by atomic mass is 9.86. The Labute approximate surface area is 216 Å². The van der Waals surface area contributed by atoms with Gasteiger partial charge in [0.1, 0.15) is 6.23 Å². The number of aryl methyl sites for hydroxylation is 2. The summed E-state index contributed by atoms with van der Waals surface area (Å²) in [6.45, 7) is 20.6. The Balaban J connectivity index is 0.00000130. The van der Waals surface area contributed by atoms with Gasteiger partial charge in [-0.3, -0.25) is 0 Å². The van der Waals surface area contributed by atoms with Crippen molar-refractivity contribution in [3.05, 3.63) is 77.4 Å². The molecule has 2 aliphatic rings. The van der Waals surface area contributed by atoms with Gasteiger partial charge in [0.15, 0.2) is 0 Å². The topological polar surface area (TPSA) is 26.2 Å². The molecule has 0 spiro atoms. The second-order valence-corrected chi connectivity index (χ2v) is 11.0. The van der Waals surface area contributed by atoms with Crippen LogP contribution < -0.4 is 5.32 Å². The monoisotopic (exact) mass is 480 g/mol. The molecular formula is C33H40N2O. The van der Waals surface area contributed by atoms with Crippen molar-refractivity contribution in [1.29, 1.82) is 0 Å². The van der Waals surface area contributed by atoms with Gasteiger partial charge in [-0.1, -0.05) is 69.8 Å². The number of aromatic nitrogens is 1. The predicted octanol–water partition coefficient (Wildman–Crippen LogP) is 8.90. The minimum atomic E-state index is -0.144. The molecule has 3 heterocycles. The van der Waals surface area contributed by atoms with Gasteiger partial charge in [0.25, 0.3) is 0 Å². The van der Waals surface area contributed by atoms with E-state index in [-0.39, 0.29) is 11.8 Å². The van der Waals surface area contributed by atoms with Crippen LogP contribution in [0.4, 0.5) is 0 Å². The Bertz CT molecular complexity index is 1470. The number of nitrogens with one attached hydrogen (secondary N) is 1. The third-order valence-corrected chi connectivity index (χ3v) is 7.88. The molecule has 0 bridgehead atoms. The first-order chi connectivity index (χ1) is 17.3. The van der Waals surface area contributed by atoms with E-state index in [1.165, 1.54) is 55.2 Å². The number of ether oxygens (including phenoxy) is 1. The first kappa shape index (κ1) is 24.6. The number of nitrogens with zero attached hydrogens (tertiary/aromatic N) is 1. The van der Waals surface area contributed by atoms with Crippen LogP contribution in [-0.2, 0) is 11.3 Å². The van der Waals surface area contributed by atoms with Crippen molar-refractivity contribution >= 4 is 27.5 Å². The van der Waals surface area contributed by atoms with E-state index in [0.717, 1.165) is 25.1 Å². The molecule has 1 saturated heterocycles. The molecule has 2 unspecified atom stereocenters. The molecule has 1 aromatic heterocycles. The Morgan fingerprint density at radius 2 is 1.69 bits per heavy atom. The number of rotatable bonds is 2. The third kappa shape index (κ3) is 3.76. The molecule has 188 valence electrons. The van der Waals surface area contributed by atoms with Crippen LogP contribution in [0, 0.1) is 19.8 Å². The molecule has 2 aliphatic heterocycles. The van der Waals surface area contributed by atoms with Gasteiger partial charge in [0, 0.05) is 28.6 Å². The summed E-state index contributed by atoms with van der Waals surface area (Å²) in [7, 11) is 0. The zero-order valence-electron chi connectivity index (χ0n) is 23.0. The lowest BCUT2D eigenvalue weighted by Gasteiger charge is -2.40. The van der Waals surface area contributed by atoms with E-state index in [2.05, 4.69) is 99.6 Å². The average molecular weight is 481 g/mol. The minimum Gasteiger partial charge on any atom is -0.381 e. The summed E-state index contributed by atoms with van der Waals surface area (Å²) in [6, 6.07) is 17.6. The molecule has 1 fully saturated rings. The molecule has 0 amide bonds. The van der Waals surface area contributed by atoms with Gasteiger partial charge in [-0.25, -0.2) is 0 Å². The highest BCUT2D eigenvalue weighted by Crippen LogP contribution is 2.49. The Hall–Kier alpha value is -3.04. The van der Waals surface area contributed by atoms with Gasteiger partial charge < -0.3 is 14.6 Å². The molecule has 36 heavy (non-hydrogen) atoms. The van der Waals surface area contributed by atoms with Crippen molar-refractivity contribution in [2.24, 2.45) is 5.92 Å². The van der Waals surface area contributed by atoms with Crippen molar-refractivity contribution < 1.29 is 4.74 Å². The first-order valence-corrected chi connectivity index (χ1v) is 13.5. The van der Waals surface area contributed by atoms with Crippen LogP contribution >= 0.6 is 0 Å². The number of hydrogen-bond acceptors (Lipinski definition) is 2. The lowest BCUT2D eigenvalue weighted by molar-refractivity contribution is -0.152. The molecule has 6 rings (SSSR count). The summed E-state index contributed by atoms with van der Waals surface area (Å²) in [6.07, 6.45) is 2.11. The number of para-hydroxylation sites is 1. The van der Waals surface area contributed by atoms with Gasteiger partial charge >= 0.3 is 0 Å². The van der Waals surface area contributed by atoms with Crippen molar-refractivity contribution in [1.82, 2.24) is 9.88 Å². The molecule has 2 atom stereocenters. The second-order valence-electron chi connectivity index (χ2n) is 11.0. The minimum absolute atomic E-state index is 0.00486. The fourth-order valence-electron chi connectivity index (χ4n) is 6.71. The van der Waals surface area contributed by atoms with Crippen LogP contribution in [0.5, 0.6) is 0 Å². The maximum Gasteiger partial charge on any atom is 0.135 e. The fourth-order valence-corrected chi connectivity index (χ4v) is 6.71. The van der Waals surface area contributed by atoms with Crippen LogP contribution in [0.25, 0.3) is 38.6 Å². The van der Waals surface area contributed by atoms with E-state index in [1.807, 2.05) is 13.8 Å². The van der Waals surface area contributed by atoms with Crippen molar-refractivity contribution in [2.45, 2.75) is 79.7 Å². The van der Waals surface area contributed by atoms with Crippen molar-refractivity contribution in [2.75, 3.05) is 0 Å². The maximum absolute atomic E-state index is 6.80. The van der Waals surface area contributed by atoms with Gasteiger partial charge in [0.2, 0.25) is 0 Å². The molecule has 0 radical (unpaired) electrons. The van der Waals surface area contributed by atoms with E-state index in [9.17, 15) is 0 Å². The van der Waals surface area contributed by atoms with Gasteiger partial charge in [-0.05, 0) is 80.3 Å². The average Bonchev–Trinajstić information content (AvgIpc) is 3.38. The van der Waals surface area contributed by atoms with E-state index < -0.39 is 0 Å². The van der Waals surface area contributed by atoms with Crippen LogP contribution in [0.3, 0.4) is 0 Å². The molecule has 0 aliphatic carbocycles. The first-order valence-electron chi connectivity index (χ1n) is 13.5. The molecule has 1 N–H and O–H groups in total. The zero-order valence-corrected chi connectivity index (χ0v) is 23.0. The zero-order chi connectivity index (χ0) is 25.8.